The number of carboxylic acid groups (broad SMARTS) is 1. The molecular weight excluding hydrogens is 212 g/mol. The molecule has 0 aliphatic heterocycles. The maximum atomic E-state index is 10.6. The van der Waals surface area contributed by atoms with Gasteiger partial charge in [-0.25, -0.2) is 4.79 Å². The van der Waals surface area contributed by atoms with E-state index in [-0.39, 0.29) is 13.2 Å². The monoisotopic (exact) mass is 226 g/mol. The minimum atomic E-state index is -1.94. The molecule has 1 rings (SSSR count). The van der Waals surface area contributed by atoms with E-state index in [4.69, 9.17) is 14.9 Å². The summed E-state index contributed by atoms with van der Waals surface area (Å²) in [5, 5.41) is 27.1. The van der Waals surface area contributed by atoms with Crippen molar-refractivity contribution in [3.8, 4) is 5.75 Å². The summed E-state index contributed by atoms with van der Waals surface area (Å²) in [6.45, 7) is 0.571. The van der Waals surface area contributed by atoms with Crippen LogP contribution in [0.1, 0.15) is 12.5 Å². The maximum absolute atomic E-state index is 10.6. The average Bonchev–Trinajstić information content (AvgIpc) is 2.26. The highest BCUT2D eigenvalue weighted by molar-refractivity contribution is 5.76. The SMILES string of the molecule is CC(O)(COc1ccccc1CO)C(=O)O. The average molecular weight is 226 g/mol. The van der Waals surface area contributed by atoms with E-state index in [0.29, 0.717) is 11.3 Å². The van der Waals surface area contributed by atoms with Crippen LogP contribution in [0.15, 0.2) is 24.3 Å². The minimum Gasteiger partial charge on any atom is -0.490 e. The van der Waals surface area contributed by atoms with Crippen molar-refractivity contribution in [1.29, 1.82) is 0 Å². The highest BCUT2D eigenvalue weighted by Gasteiger charge is 2.31. The van der Waals surface area contributed by atoms with Gasteiger partial charge in [-0.3, -0.25) is 0 Å². The van der Waals surface area contributed by atoms with Crippen molar-refractivity contribution in [2.24, 2.45) is 0 Å². The summed E-state index contributed by atoms with van der Waals surface area (Å²) >= 11 is 0. The molecule has 1 atom stereocenters. The molecule has 0 aromatic heterocycles. The number of para-hydroxylation sites is 1. The van der Waals surface area contributed by atoms with Gasteiger partial charge in [0.2, 0.25) is 0 Å². The quantitative estimate of drug-likeness (QED) is 0.676. The number of carbonyl (C=O) groups is 1. The Hall–Kier alpha value is -1.59. The van der Waals surface area contributed by atoms with Gasteiger partial charge in [-0.1, -0.05) is 18.2 Å². The number of aliphatic hydroxyl groups excluding tert-OH is 1. The molecule has 0 fully saturated rings. The first kappa shape index (κ1) is 12.5. The Bertz CT molecular complexity index is 372. The third kappa shape index (κ3) is 2.95. The highest BCUT2D eigenvalue weighted by atomic mass is 16.5. The summed E-state index contributed by atoms with van der Waals surface area (Å²) in [7, 11) is 0. The first-order chi connectivity index (χ1) is 7.47. The first-order valence-corrected chi connectivity index (χ1v) is 4.74. The van der Waals surface area contributed by atoms with Crippen molar-refractivity contribution in [2.75, 3.05) is 6.61 Å². The molecule has 0 saturated carbocycles. The zero-order valence-corrected chi connectivity index (χ0v) is 8.88. The van der Waals surface area contributed by atoms with E-state index < -0.39 is 11.6 Å². The van der Waals surface area contributed by atoms with E-state index in [1.165, 1.54) is 0 Å². The Morgan fingerprint density at radius 3 is 2.62 bits per heavy atom. The molecule has 1 aromatic rings. The van der Waals surface area contributed by atoms with Crippen molar-refractivity contribution in [3.05, 3.63) is 29.8 Å². The Balaban J connectivity index is 2.71. The second-order valence-electron chi connectivity index (χ2n) is 3.63. The fourth-order valence-corrected chi connectivity index (χ4v) is 1.06. The number of benzene rings is 1. The number of rotatable bonds is 5. The fourth-order valence-electron chi connectivity index (χ4n) is 1.06. The van der Waals surface area contributed by atoms with Crippen LogP contribution in [0.2, 0.25) is 0 Å². The largest absolute Gasteiger partial charge is 0.490 e. The number of hydrogen-bond acceptors (Lipinski definition) is 4. The minimum absolute atomic E-state index is 0.203. The van der Waals surface area contributed by atoms with Gasteiger partial charge in [0.15, 0.2) is 5.60 Å². The van der Waals surface area contributed by atoms with Crippen LogP contribution >= 0.6 is 0 Å². The van der Waals surface area contributed by atoms with Crippen LogP contribution in [-0.2, 0) is 11.4 Å². The molecular formula is C11H14O5. The van der Waals surface area contributed by atoms with Crippen LogP contribution in [-0.4, -0.2) is 33.5 Å². The molecule has 0 aliphatic rings. The number of ether oxygens (including phenoxy) is 1. The zero-order chi connectivity index (χ0) is 12.2. The zero-order valence-electron chi connectivity index (χ0n) is 8.88. The Labute approximate surface area is 92.9 Å². The van der Waals surface area contributed by atoms with Crippen LogP contribution in [0, 0.1) is 0 Å². The van der Waals surface area contributed by atoms with E-state index in [1.54, 1.807) is 24.3 Å². The lowest BCUT2D eigenvalue weighted by Crippen LogP contribution is -2.41. The van der Waals surface area contributed by atoms with Crippen molar-refractivity contribution in [2.45, 2.75) is 19.1 Å². The Morgan fingerprint density at radius 1 is 1.44 bits per heavy atom. The highest BCUT2D eigenvalue weighted by Crippen LogP contribution is 2.19. The molecule has 0 amide bonds. The van der Waals surface area contributed by atoms with E-state index in [1.807, 2.05) is 0 Å². The standard InChI is InChI=1S/C11H14O5/c1-11(15,10(13)14)7-16-9-5-3-2-4-8(9)6-12/h2-5,12,15H,6-7H2,1H3,(H,13,14). The van der Waals surface area contributed by atoms with Gasteiger partial charge in [-0.05, 0) is 13.0 Å². The van der Waals surface area contributed by atoms with Crippen molar-refractivity contribution in [1.82, 2.24) is 0 Å². The van der Waals surface area contributed by atoms with E-state index >= 15 is 0 Å². The second kappa shape index (κ2) is 4.96. The lowest BCUT2D eigenvalue weighted by atomic mass is 10.1. The third-order valence-corrected chi connectivity index (χ3v) is 2.11. The molecule has 5 nitrogen and oxygen atoms in total. The number of aliphatic hydroxyl groups is 2. The van der Waals surface area contributed by atoms with Crippen LogP contribution < -0.4 is 4.74 Å². The van der Waals surface area contributed by atoms with E-state index in [2.05, 4.69) is 0 Å². The summed E-state index contributed by atoms with van der Waals surface area (Å²) in [5.41, 5.74) is -1.40. The fraction of sp³-hybridized carbons (Fsp3) is 0.364. The Morgan fingerprint density at radius 2 is 2.06 bits per heavy atom. The third-order valence-electron chi connectivity index (χ3n) is 2.11. The number of hydrogen-bond donors (Lipinski definition) is 3. The molecule has 0 bridgehead atoms. The predicted molar refractivity (Wildman–Crippen MR) is 56.1 cm³/mol. The normalized spacial score (nSPS) is 14.2. The summed E-state index contributed by atoms with van der Waals surface area (Å²) in [5.74, 6) is -0.986. The van der Waals surface area contributed by atoms with Gasteiger partial charge in [-0.15, -0.1) is 0 Å². The van der Waals surface area contributed by atoms with Gasteiger partial charge in [-0.2, -0.15) is 0 Å². The lowest BCUT2D eigenvalue weighted by Gasteiger charge is -2.19. The number of carboxylic acids is 1. The maximum Gasteiger partial charge on any atom is 0.339 e. The molecule has 0 heterocycles. The van der Waals surface area contributed by atoms with Gasteiger partial charge in [0.25, 0.3) is 0 Å². The van der Waals surface area contributed by atoms with Crippen LogP contribution in [0.3, 0.4) is 0 Å². The molecule has 0 aliphatic carbocycles. The summed E-state index contributed by atoms with van der Waals surface area (Å²) in [6, 6.07) is 6.69. The Kier molecular flexibility index (Phi) is 3.87. The van der Waals surface area contributed by atoms with Crippen LogP contribution in [0.5, 0.6) is 5.75 Å². The van der Waals surface area contributed by atoms with Gasteiger partial charge >= 0.3 is 5.97 Å². The molecule has 0 saturated heterocycles. The second-order valence-corrected chi connectivity index (χ2v) is 3.63. The summed E-state index contributed by atoms with van der Waals surface area (Å²) in [6.07, 6.45) is 0. The van der Waals surface area contributed by atoms with Crippen molar-refractivity contribution >= 4 is 5.97 Å². The molecule has 0 spiro atoms. The molecule has 1 aromatic carbocycles. The van der Waals surface area contributed by atoms with Crippen molar-refractivity contribution in [3.63, 3.8) is 0 Å². The lowest BCUT2D eigenvalue weighted by molar-refractivity contribution is -0.159. The first-order valence-electron chi connectivity index (χ1n) is 4.74. The van der Waals surface area contributed by atoms with Gasteiger partial charge < -0.3 is 20.1 Å². The van der Waals surface area contributed by atoms with Crippen LogP contribution in [0.4, 0.5) is 0 Å². The van der Waals surface area contributed by atoms with E-state index in [9.17, 15) is 9.90 Å². The summed E-state index contributed by atoms with van der Waals surface area (Å²) in [4.78, 5) is 10.6. The molecule has 16 heavy (non-hydrogen) atoms. The molecule has 5 heteroatoms. The summed E-state index contributed by atoms with van der Waals surface area (Å²) < 4.78 is 5.16. The van der Waals surface area contributed by atoms with E-state index in [0.717, 1.165) is 6.92 Å². The van der Waals surface area contributed by atoms with Gasteiger partial charge in [0.05, 0.1) is 6.61 Å². The molecule has 1 unspecified atom stereocenters. The smallest absolute Gasteiger partial charge is 0.339 e. The molecule has 0 radical (unpaired) electrons. The van der Waals surface area contributed by atoms with Gasteiger partial charge in [0.1, 0.15) is 12.4 Å². The molecule has 3 N–H and O–H groups in total. The molecule has 88 valence electrons. The number of aliphatic carboxylic acids is 1. The van der Waals surface area contributed by atoms with Gasteiger partial charge in [0, 0.05) is 5.56 Å². The predicted octanol–water partition coefficient (Wildman–Crippen LogP) is 0.393. The van der Waals surface area contributed by atoms with Crippen molar-refractivity contribution < 1.29 is 24.9 Å². The van der Waals surface area contributed by atoms with Crippen LogP contribution in [0.25, 0.3) is 0 Å². The topological polar surface area (TPSA) is 87.0 Å².